The minimum atomic E-state index is 0.761. The van der Waals surface area contributed by atoms with E-state index in [1.165, 1.54) is 5.56 Å². The topological polar surface area (TPSA) is 50.4 Å². The summed E-state index contributed by atoms with van der Waals surface area (Å²) in [5.41, 5.74) is 5.93. The molecule has 0 atom stereocenters. The number of aromatic nitrogens is 1. The summed E-state index contributed by atoms with van der Waals surface area (Å²) in [7, 11) is 0. The minimum Gasteiger partial charge on any atom is -0.453 e. The molecule has 1 aromatic carbocycles. The fourth-order valence-corrected chi connectivity index (χ4v) is 2.64. The molecule has 0 fully saturated rings. The van der Waals surface area contributed by atoms with Crippen LogP contribution in [0, 0.1) is 13.8 Å². The molecule has 0 saturated heterocycles. The standard InChI is InChI=1S/C18H21N3O/c1-5-19-13-9-17-15(7-11(13)3)21-16-8-12(4)14(20-6-2)10-18(16)22-17/h7-10,19H,5-6H2,1-4H3/b20-14-. The van der Waals surface area contributed by atoms with Gasteiger partial charge >= 0.3 is 0 Å². The molecule has 4 nitrogen and oxygen atoms in total. The van der Waals surface area contributed by atoms with Gasteiger partial charge in [0.25, 0.3) is 0 Å². The van der Waals surface area contributed by atoms with Gasteiger partial charge in [-0.2, -0.15) is 0 Å². The van der Waals surface area contributed by atoms with Crippen molar-refractivity contribution < 1.29 is 4.42 Å². The average Bonchev–Trinajstić information content (AvgIpc) is 2.48. The molecular weight excluding hydrogens is 274 g/mol. The van der Waals surface area contributed by atoms with Crippen molar-refractivity contribution in [2.75, 3.05) is 18.4 Å². The molecule has 0 radical (unpaired) electrons. The third-order valence-corrected chi connectivity index (χ3v) is 3.74. The van der Waals surface area contributed by atoms with Crippen molar-refractivity contribution >= 4 is 16.8 Å². The number of benzene rings is 2. The molecular formula is C18H21N3O. The number of nitrogens with one attached hydrogen (secondary N) is 1. The Morgan fingerprint density at radius 3 is 2.64 bits per heavy atom. The van der Waals surface area contributed by atoms with Crippen LogP contribution in [0.15, 0.2) is 33.7 Å². The van der Waals surface area contributed by atoms with Crippen LogP contribution in [0.5, 0.6) is 0 Å². The van der Waals surface area contributed by atoms with Crippen LogP contribution in [0.2, 0.25) is 0 Å². The smallest absolute Gasteiger partial charge is 0.155 e. The Morgan fingerprint density at radius 2 is 1.91 bits per heavy atom. The second-order valence-corrected chi connectivity index (χ2v) is 5.46. The molecule has 0 bridgehead atoms. The van der Waals surface area contributed by atoms with Crippen LogP contribution < -0.4 is 10.7 Å². The maximum atomic E-state index is 6.07. The third-order valence-electron chi connectivity index (χ3n) is 3.74. The van der Waals surface area contributed by atoms with Gasteiger partial charge in [-0.1, -0.05) is 0 Å². The van der Waals surface area contributed by atoms with E-state index in [0.717, 1.165) is 52.3 Å². The van der Waals surface area contributed by atoms with E-state index in [1.807, 2.05) is 25.1 Å². The van der Waals surface area contributed by atoms with Crippen molar-refractivity contribution in [2.45, 2.75) is 27.7 Å². The van der Waals surface area contributed by atoms with Crippen LogP contribution in [0.1, 0.15) is 25.0 Å². The van der Waals surface area contributed by atoms with Crippen molar-refractivity contribution in [1.82, 2.24) is 4.98 Å². The van der Waals surface area contributed by atoms with Crippen molar-refractivity contribution in [3.63, 3.8) is 0 Å². The lowest BCUT2D eigenvalue weighted by molar-refractivity contribution is 0.611. The van der Waals surface area contributed by atoms with Gasteiger partial charge in [-0.3, -0.25) is 4.99 Å². The van der Waals surface area contributed by atoms with Crippen molar-refractivity contribution in [3.8, 4) is 11.5 Å². The summed E-state index contributed by atoms with van der Waals surface area (Å²) in [5, 5.41) is 4.32. The van der Waals surface area contributed by atoms with E-state index in [4.69, 9.17) is 9.40 Å². The molecule has 1 aliphatic carbocycles. The van der Waals surface area contributed by atoms with Crippen molar-refractivity contribution in [2.24, 2.45) is 4.99 Å². The zero-order valence-electron chi connectivity index (χ0n) is 13.5. The number of hydrogen-bond acceptors (Lipinski definition) is 4. The summed E-state index contributed by atoms with van der Waals surface area (Å²) < 4.78 is 6.07. The lowest BCUT2D eigenvalue weighted by Gasteiger charge is -2.11. The van der Waals surface area contributed by atoms with E-state index in [-0.39, 0.29) is 0 Å². The Morgan fingerprint density at radius 1 is 1.09 bits per heavy atom. The average molecular weight is 295 g/mol. The Hall–Kier alpha value is -2.36. The summed E-state index contributed by atoms with van der Waals surface area (Å²) in [6.45, 7) is 9.89. The molecule has 114 valence electrons. The van der Waals surface area contributed by atoms with Gasteiger partial charge in [-0.05, 0) is 51.0 Å². The quantitative estimate of drug-likeness (QED) is 0.745. The molecule has 2 aliphatic rings. The predicted octanol–water partition coefficient (Wildman–Crippen LogP) is 3.90. The van der Waals surface area contributed by atoms with Crippen molar-refractivity contribution in [1.29, 1.82) is 0 Å². The highest BCUT2D eigenvalue weighted by Crippen LogP contribution is 2.28. The second-order valence-electron chi connectivity index (χ2n) is 5.46. The number of anilines is 1. The first-order chi connectivity index (χ1) is 10.6. The van der Waals surface area contributed by atoms with Crippen molar-refractivity contribution in [3.05, 3.63) is 40.7 Å². The van der Waals surface area contributed by atoms with Gasteiger partial charge in [0.05, 0.1) is 5.36 Å². The molecule has 1 heterocycles. The summed E-state index contributed by atoms with van der Waals surface area (Å²) in [6, 6.07) is 8.11. The lowest BCUT2D eigenvalue weighted by atomic mass is 10.1. The molecule has 0 unspecified atom stereocenters. The monoisotopic (exact) mass is 295 g/mol. The SMILES string of the molecule is CC/N=c1/cc2oc3cc(NCC)c(C)cc3nc-2cc1C. The van der Waals surface area contributed by atoms with Gasteiger partial charge in [0, 0.05) is 30.9 Å². The van der Waals surface area contributed by atoms with Crippen LogP contribution in [0.3, 0.4) is 0 Å². The van der Waals surface area contributed by atoms with Gasteiger partial charge < -0.3 is 9.73 Å². The van der Waals surface area contributed by atoms with E-state index in [9.17, 15) is 0 Å². The normalized spacial score (nSPS) is 12.3. The van der Waals surface area contributed by atoms with E-state index >= 15 is 0 Å². The van der Waals surface area contributed by atoms with E-state index in [1.54, 1.807) is 0 Å². The molecule has 1 aliphatic heterocycles. The molecule has 3 rings (SSSR count). The van der Waals surface area contributed by atoms with E-state index in [2.05, 4.69) is 37.1 Å². The number of fused-ring (bicyclic) bond motifs is 2. The predicted molar refractivity (Wildman–Crippen MR) is 90.4 cm³/mol. The van der Waals surface area contributed by atoms with Crippen LogP contribution in [0.4, 0.5) is 5.69 Å². The van der Waals surface area contributed by atoms with Crippen LogP contribution in [0.25, 0.3) is 22.6 Å². The van der Waals surface area contributed by atoms with Gasteiger partial charge in [0.15, 0.2) is 11.3 Å². The van der Waals surface area contributed by atoms with Gasteiger partial charge in [0.2, 0.25) is 0 Å². The highest BCUT2D eigenvalue weighted by atomic mass is 16.3. The zero-order chi connectivity index (χ0) is 15.7. The van der Waals surface area contributed by atoms with Crippen LogP contribution in [-0.4, -0.2) is 18.1 Å². The second kappa shape index (κ2) is 5.79. The first-order valence-electron chi connectivity index (χ1n) is 7.72. The Labute approximate surface area is 130 Å². The summed E-state index contributed by atoms with van der Waals surface area (Å²) >= 11 is 0. The zero-order valence-corrected chi connectivity index (χ0v) is 13.5. The number of hydrogen-bond donors (Lipinski definition) is 1. The van der Waals surface area contributed by atoms with Gasteiger partial charge in [-0.15, -0.1) is 0 Å². The highest BCUT2D eigenvalue weighted by Gasteiger charge is 2.12. The maximum Gasteiger partial charge on any atom is 0.155 e. The number of nitrogens with zero attached hydrogens (tertiary/aromatic N) is 2. The van der Waals surface area contributed by atoms with Gasteiger partial charge in [0.1, 0.15) is 11.2 Å². The minimum absolute atomic E-state index is 0.761. The molecule has 0 aromatic heterocycles. The maximum absolute atomic E-state index is 6.07. The Kier molecular flexibility index (Phi) is 3.84. The number of aryl methyl sites for hydroxylation is 2. The molecule has 1 N–H and O–H groups in total. The summed E-state index contributed by atoms with van der Waals surface area (Å²) in [6.07, 6.45) is 0. The fourth-order valence-electron chi connectivity index (χ4n) is 2.64. The van der Waals surface area contributed by atoms with Crippen LogP contribution in [-0.2, 0) is 0 Å². The first-order valence-corrected chi connectivity index (χ1v) is 7.72. The first kappa shape index (κ1) is 14.6. The van der Waals surface area contributed by atoms with Gasteiger partial charge in [-0.25, -0.2) is 4.98 Å². The molecule has 22 heavy (non-hydrogen) atoms. The Bertz CT molecular complexity index is 864. The van der Waals surface area contributed by atoms with E-state index < -0.39 is 0 Å². The Balaban J connectivity index is 2.28. The summed E-state index contributed by atoms with van der Waals surface area (Å²) in [4.78, 5) is 9.24. The number of rotatable bonds is 3. The molecule has 0 spiro atoms. The third kappa shape index (κ3) is 2.56. The molecule has 0 saturated carbocycles. The fraction of sp³-hybridized carbons (Fsp3) is 0.333. The molecule has 1 aromatic rings. The highest BCUT2D eigenvalue weighted by molar-refractivity contribution is 5.81. The molecule has 0 amide bonds. The lowest BCUT2D eigenvalue weighted by Crippen LogP contribution is -2.09. The largest absolute Gasteiger partial charge is 0.453 e. The van der Waals surface area contributed by atoms with E-state index in [0.29, 0.717) is 0 Å². The molecule has 4 heteroatoms. The summed E-state index contributed by atoms with van der Waals surface area (Å²) in [5.74, 6) is 0.775. The van der Waals surface area contributed by atoms with Crippen LogP contribution >= 0.6 is 0 Å².